The number of rotatable bonds is 4. The quantitative estimate of drug-likeness (QED) is 0.413. The van der Waals surface area contributed by atoms with E-state index < -0.39 is 5.97 Å². The molecule has 0 radical (unpaired) electrons. The van der Waals surface area contributed by atoms with E-state index in [1.165, 1.54) is 28.8 Å². The highest BCUT2D eigenvalue weighted by Crippen LogP contribution is 2.37. The van der Waals surface area contributed by atoms with Crippen molar-refractivity contribution >= 4 is 63.5 Å². The highest BCUT2D eigenvalue weighted by atomic mass is 35.5. The van der Waals surface area contributed by atoms with Crippen LogP contribution in [0.25, 0.3) is 17.4 Å². The molecule has 3 aromatic rings. The largest absolute Gasteiger partial charge is 0.478 e. The maximum absolute atomic E-state index is 12.8. The third kappa shape index (κ3) is 3.98. The maximum atomic E-state index is 12.8. The van der Waals surface area contributed by atoms with Gasteiger partial charge in [0.15, 0.2) is 4.32 Å². The number of carbonyl (C=O) groups is 2. The summed E-state index contributed by atoms with van der Waals surface area (Å²) in [6, 6.07) is 16.8. The Morgan fingerprint density at radius 3 is 2.69 bits per heavy atom. The van der Waals surface area contributed by atoms with E-state index in [0.717, 1.165) is 0 Å². The van der Waals surface area contributed by atoms with Crippen molar-refractivity contribution < 1.29 is 19.1 Å². The zero-order valence-electron chi connectivity index (χ0n) is 14.7. The van der Waals surface area contributed by atoms with Crippen LogP contribution in [0.15, 0.2) is 70.0 Å². The number of furan rings is 1. The Bertz CT molecular complexity index is 1180. The van der Waals surface area contributed by atoms with Crippen LogP contribution >= 0.6 is 35.6 Å². The zero-order valence-corrected chi connectivity index (χ0v) is 17.1. The number of hydrogen-bond donors (Lipinski definition) is 1. The summed E-state index contributed by atoms with van der Waals surface area (Å²) < 4.78 is 6.20. The molecular weight excluding hydrogens is 430 g/mol. The lowest BCUT2D eigenvalue weighted by Gasteiger charge is -2.14. The minimum atomic E-state index is -1.01. The van der Waals surface area contributed by atoms with Gasteiger partial charge in [0.25, 0.3) is 5.91 Å². The number of halogens is 1. The van der Waals surface area contributed by atoms with Crippen LogP contribution in [0.5, 0.6) is 0 Å². The number of aromatic carboxylic acids is 1. The monoisotopic (exact) mass is 441 g/mol. The fourth-order valence-electron chi connectivity index (χ4n) is 2.83. The third-order valence-electron chi connectivity index (χ3n) is 4.15. The average molecular weight is 442 g/mol. The number of anilines is 1. The van der Waals surface area contributed by atoms with Gasteiger partial charge >= 0.3 is 5.97 Å². The summed E-state index contributed by atoms with van der Waals surface area (Å²) >= 11 is 12.6. The topological polar surface area (TPSA) is 70.8 Å². The summed E-state index contributed by atoms with van der Waals surface area (Å²) in [5, 5.41) is 9.65. The van der Waals surface area contributed by atoms with E-state index in [1.54, 1.807) is 54.6 Å². The first-order valence-electron chi connectivity index (χ1n) is 8.39. The summed E-state index contributed by atoms with van der Waals surface area (Å²) in [5.41, 5.74) is 1.41. The number of carbonyl (C=O) groups excluding carboxylic acids is 1. The molecule has 1 aliphatic rings. The lowest BCUT2D eigenvalue weighted by atomic mass is 10.1. The summed E-state index contributed by atoms with van der Waals surface area (Å²) in [7, 11) is 0. The molecule has 1 amide bonds. The fraction of sp³-hybridized carbons (Fsp3) is 0. The van der Waals surface area contributed by atoms with Crippen LogP contribution in [-0.4, -0.2) is 21.3 Å². The van der Waals surface area contributed by atoms with Gasteiger partial charge in [0.05, 0.1) is 16.2 Å². The Balaban J connectivity index is 1.61. The lowest BCUT2D eigenvalue weighted by Crippen LogP contribution is -2.27. The first kappa shape index (κ1) is 19.4. The summed E-state index contributed by atoms with van der Waals surface area (Å²) in [6.45, 7) is 0. The summed E-state index contributed by atoms with van der Waals surface area (Å²) in [4.78, 5) is 25.8. The van der Waals surface area contributed by atoms with Crippen LogP contribution in [0.1, 0.15) is 16.1 Å². The fourth-order valence-corrected chi connectivity index (χ4v) is 4.29. The predicted octanol–water partition coefficient (Wildman–Crippen LogP) is 5.70. The molecule has 1 aliphatic heterocycles. The third-order valence-corrected chi connectivity index (χ3v) is 5.69. The number of hydrogen-bond acceptors (Lipinski definition) is 5. The molecule has 29 heavy (non-hydrogen) atoms. The molecule has 1 aromatic heterocycles. The number of carboxylic acid groups (broad SMARTS) is 1. The van der Waals surface area contributed by atoms with Gasteiger partial charge in [0.2, 0.25) is 0 Å². The molecule has 2 aromatic carbocycles. The van der Waals surface area contributed by atoms with Crippen molar-refractivity contribution in [3.8, 4) is 11.3 Å². The van der Waals surface area contributed by atoms with Gasteiger partial charge in [-0.15, -0.1) is 0 Å². The lowest BCUT2D eigenvalue weighted by molar-refractivity contribution is -0.113. The Labute approximate surface area is 180 Å². The van der Waals surface area contributed by atoms with E-state index in [0.29, 0.717) is 37.0 Å². The van der Waals surface area contributed by atoms with Crippen LogP contribution in [-0.2, 0) is 4.79 Å². The maximum Gasteiger partial charge on any atom is 0.335 e. The average Bonchev–Trinajstić information content (AvgIpc) is 3.26. The summed E-state index contributed by atoms with van der Waals surface area (Å²) in [5.74, 6) is -0.298. The number of amides is 1. The van der Waals surface area contributed by atoms with Crippen LogP contribution in [0.3, 0.4) is 0 Å². The van der Waals surface area contributed by atoms with Gasteiger partial charge in [-0.1, -0.05) is 53.8 Å². The first-order valence-corrected chi connectivity index (χ1v) is 10.00. The van der Waals surface area contributed by atoms with E-state index in [4.69, 9.17) is 33.3 Å². The second kappa shape index (κ2) is 7.87. The molecule has 1 saturated heterocycles. The molecule has 1 fully saturated rings. The molecule has 0 atom stereocenters. The number of nitrogens with zero attached hydrogens (tertiary/aromatic N) is 1. The molecule has 0 saturated carbocycles. The highest BCUT2D eigenvalue weighted by molar-refractivity contribution is 8.27. The van der Waals surface area contributed by atoms with E-state index in [9.17, 15) is 9.59 Å². The highest BCUT2D eigenvalue weighted by Gasteiger charge is 2.33. The molecule has 144 valence electrons. The van der Waals surface area contributed by atoms with Gasteiger partial charge in [0.1, 0.15) is 11.5 Å². The number of carboxylic acids is 1. The van der Waals surface area contributed by atoms with Crippen molar-refractivity contribution in [3.63, 3.8) is 0 Å². The number of thiocarbonyl (C=S) groups is 1. The molecule has 0 aliphatic carbocycles. The molecule has 1 N–H and O–H groups in total. The molecular formula is C21H12ClNO4S2. The van der Waals surface area contributed by atoms with Crippen LogP contribution < -0.4 is 4.90 Å². The summed E-state index contributed by atoms with van der Waals surface area (Å²) in [6.07, 6.45) is 1.62. The van der Waals surface area contributed by atoms with Gasteiger partial charge in [-0.25, -0.2) is 4.79 Å². The van der Waals surface area contributed by atoms with Crippen molar-refractivity contribution in [2.24, 2.45) is 0 Å². The first-order chi connectivity index (χ1) is 13.9. The second-order valence-electron chi connectivity index (χ2n) is 6.08. The van der Waals surface area contributed by atoms with Gasteiger partial charge in [-0.05, 0) is 42.5 Å². The number of thioether (sulfide) groups is 1. The number of benzene rings is 2. The van der Waals surface area contributed by atoms with Crippen molar-refractivity contribution in [1.29, 1.82) is 0 Å². The van der Waals surface area contributed by atoms with Crippen LogP contribution in [0.4, 0.5) is 5.69 Å². The normalized spacial score (nSPS) is 15.3. The van der Waals surface area contributed by atoms with Gasteiger partial charge in [-0.3, -0.25) is 9.69 Å². The van der Waals surface area contributed by atoms with Gasteiger partial charge in [0, 0.05) is 16.7 Å². The SMILES string of the molecule is O=C(O)c1cccc(-c2ccc(/C=C3\SC(=S)N(c4cccc(Cl)c4)C3=O)o2)c1. The van der Waals surface area contributed by atoms with Crippen molar-refractivity contribution in [2.75, 3.05) is 4.90 Å². The minimum absolute atomic E-state index is 0.169. The Morgan fingerprint density at radius 1 is 1.14 bits per heavy atom. The molecule has 5 nitrogen and oxygen atoms in total. The van der Waals surface area contributed by atoms with E-state index in [2.05, 4.69) is 0 Å². The molecule has 0 bridgehead atoms. The Kier molecular flexibility index (Phi) is 5.27. The van der Waals surface area contributed by atoms with Crippen molar-refractivity contribution in [1.82, 2.24) is 0 Å². The van der Waals surface area contributed by atoms with Crippen LogP contribution in [0.2, 0.25) is 5.02 Å². The Hall–Kier alpha value is -2.87. The van der Waals surface area contributed by atoms with Gasteiger partial charge in [-0.2, -0.15) is 0 Å². The predicted molar refractivity (Wildman–Crippen MR) is 118 cm³/mol. The standard InChI is InChI=1S/C21H12ClNO4S2/c22-14-5-2-6-15(10-14)23-19(24)18(29-21(23)28)11-16-7-8-17(27-16)12-3-1-4-13(9-12)20(25)26/h1-11H,(H,25,26)/b18-11-. The second-order valence-corrected chi connectivity index (χ2v) is 8.20. The molecule has 2 heterocycles. The molecule has 4 rings (SSSR count). The van der Waals surface area contributed by atoms with Crippen LogP contribution in [0, 0.1) is 0 Å². The minimum Gasteiger partial charge on any atom is -0.478 e. The smallest absolute Gasteiger partial charge is 0.335 e. The van der Waals surface area contributed by atoms with Crippen molar-refractivity contribution in [3.05, 3.63) is 81.9 Å². The van der Waals surface area contributed by atoms with E-state index in [1.807, 2.05) is 0 Å². The van der Waals surface area contributed by atoms with Gasteiger partial charge < -0.3 is 9.52 Å². The van der Waals surface area contributed by atoms with Crippen molar-refractivity contribution in [2.45, 2.75) is 0 Å². The Morgan fingerprint density at radius 2 is 1.93 bits per heavy atom. The molecule has 0 unspecified atom stereocenters. The molecule has 0 spiro atoms. The van der Waals surface area contributed by atoms with E-state index in [-0.39, 0.29) is 11.5 Å². The molecule has 8 heteroatoms. The van der Waals surface area contributed by atoms with E-state index >= 15 is 0 Å². The zero-order chi connectivity index (χ0) is 20.5.